The van der Waals surface area contributed by atoms with Gasteiger partial charge < -0.3 is 10.7 Å². The molecule has 0 spiro atoms. The van der Waals surface area contributed by atoms with Crippen molar-refractivity contribution in [2.45, 2.75) is 0 Å². The monoisotopic (exact) mass is 233 g/mol. The van der Waals surface area contributed by atoms with E-state index in [-0.39, 0.29) is 11.5 Å². The number of rotatable bonds is 1. The average Bonchev–Trinajstić information content (AvgIpc) is 2.30. The molecule has 0 atom stereocenters. The maximum absolute atomic E-state index is 10.4. The van der Waals surface area contributed by atoms with Gasteiger partial charge in [0.15, 0.2) is 0 Å². The molecule has 1 aromatic heterocycles. The summed E-state index contributed by atoms with van der Waals surface area (Å²) in [6.45, 7) is 0. The van der Waals surface area contributed by atoms with E-state index in [1.54, 1.807) is 24.3 Å². The molecular weight excluding hydrogens is 222 g/mol. The van der Waals surface area contributed by atoms with Crippen molar-refractivity contribution in [3.8, 4) is 0 Å². The Balaban J connectivity index is 0.000000171. The van der Waals surface area contributed by atoms with Gasteiger partial charge in [-0.25, -0.2) is 4.79 Å². The minimum absolute atomic E-state index is 0.379. The number of nitrogens with two attached hydrogens (primary N) is 1. The van der Waals surface area contributed by atoms with Crippen molar-refractivity contribution < 1.29 is 4.79 Å². The van der Waals surface area contributed by atoms with E-state index in [1.165, 1.54) is 12.3 Å². The van der Waals surface area contributed by atoms with Gasteiger partial charge in [-0.2, -0.15) is 0 Å². The predicted octanol–water partition coefficient (Wildman–Crippen LogP) is -0.151. The molecule has 2 rings (SSSR count). The zero-order chi connectivity index (χ0) is 12.7. The van der Waals surface area contributed by atoms with Gasteiger partial charge in [-0.05, 0) is 12.1 Å². The molecule has 0 aliphatic rings. The SMILES string of the molecule is NC(=O)c1ccccc1.O=c1cc[nH]c(=O)[nH]1. The van der Waals surface area contributed by atoms with E-state index in [0.717, 1.165) is 0 Å². The van der Waals surface area contributed by atoms with Crippen LogP contribution in [0.25, 0.3) is 0 Å². The summed E-state index contributed by atoms with van der Waals surface area (Å²) in [5.74, 6) is -0.379. The zero-order valence-electron chi connectivity index (χ0n) is 8.84. The van der Waals surface area contributed by atoms with E-state index in [0.29, 0.717) is 5.56 Å². The number of hydrogen-bond donors (Lipinski definition) is 3. The fourth-order valence-corrected chi connectivity index (χ4v) is 0.985. The average molecular weight is 233 g/mol. The van der Waals surface area contributed by atoms with Crippen LogP contribution in [-0.4, -0.2) is 15.9 Å². The topological polar surface area (TPSA) is 109 Å². The summed E-state index contributed by atoms with van der Waals surface area (Å²) >= 11 is 0. The third-order valence-electron chi connectivity index (χ3n) is 1.74. The lowest BCUT2D eigenvalue weighted by molar-refractivity contribution is 0.100. The van der Waals surface area contributed by atoms with Crippen LogP contribution in [0.2, 0.25) is 0 Å². The Kier molecular flexibility index (Phi) is 4.44. The number of hydrogen-bond acceptors (Lipinski definition) is 3. The van der Waals surface area contributed by atoms with Gasteiger partial charge in [0.25, 0.3) is 5.56 Å². The van der Waals surface area contributed by atoms with Crippen LogP contribution in [-0.2, 0) is 0 Å². The number of benzene rings is 1. The molecule has 2 aromatic rings. The Hall–Kier alpha value is -2.63. The van der Waals surface area contributed by atoms with Crippen molar-refractivity contribution in [1.82, 2.24) is 9.97 Å². The Labute approximate surface area is 96.1 Å². The summed E-state index contributed by atoms with van der Waals surface area (Å²) in [4.78, 5) is 35.1. The zero-order valence-corrected chi connectivity index (χ0v) is 8.84. The van der Waals surface area contributed by atoms with Gasteiger partial charge >= 0.3 is 5.69 Å². The summed E-state index contributed by atoms with van der Waals surface area (Å²) in [6, 6.07) is 10.00. The molecule has 6 nitrogen and oxygen atoms in total. The molecule has 0 saturated carbocycles. The highest BCUT2D eigenvalue weighted by molar-refractivity contribution is 5.92. The Morgan fingerprint density at radius 2 is 1.71 bits per heavy atom. The highest BCUT2D eigenvalue weighted by atomic mass is 16.2. The third-order valence-corrected chi connectivity index (χ3v) is 1.74. The molecule has 4 N–H and O–H groups in total. The first-order valence-corrected chi connectivity index (χ1v) is 4.72. The molecule has 0 bridgehead atoms. The first-order chi connectivity index (χ1) is 8.09. The van der Waals surface area contributed by atoms with Crippen LogP contribution >= 0.6 is 0 Å². The number of aromatic amines is 2. The van der Waals surface area contributed by atoms with Crippen LogP contribution in [0.3, 0.4) is 0 Å². The molecule has 0 unspecified atom stereocenters. The minimum Gasteiger partial charge on any atom is -0.366 e. The molecule has 0 fully saturated rings. The number of carbonyl (C=O) groups is 1. The van der Waals surface area contributed by atoms with Crippen molar-refractivity contribution in [3.05, 3.63) is 69.0 Å². The van der Waals surface area contributed by atoms with E-state index < -0.39 is 5.69 Å². The summed E-state index contributed by atoms with van der Waals surface area (Å²) in [5, 5.41) is 0. The van der Waals surface area contributed by atoms with Crippen LogP contribution in [0, 0.1) is 0 Å². The van der Waals surface area contributed by atoms with Gasteiger partial charge in [-0.15, -0.1) is 0 Å². The molecule has 88 valence electrons. The van der Waals surface area contributed by atoms with Gasteiger partial charge in [0.1, 0.15) is 0 Å². The molecule has 1 amide bonds. The van der Waals surface area contributed by atoms with E-state index >= 15 is 0 Å². The third kappa shape index (κ3) is 4.61. The van der Waals surface area contributed by atoms with Crippen molar-refractivity contribution in [2.24, 2.45) is 5.73 Å². The van der Waals surface area contributed by atoms with Crippen LogP contribution in [0.4, 0.5) is 0 Å². The maximum atomic E-state index is 10.4. The maximum Gasteiger partial charge on any atom is 0.325 e. The molecule has 17 heavy (non-hydrogen) atoms. The lowest BCUT2D eigenvalue weighted by Crippen LogP contribution is -2.19. The lowest BCUT2D eigenvalue weighted by atomic mass is 10.2. The van der Waals surface area contributed by atoms with Crippen molar-refractivity contribution in [3.63, 3.8) is 0 Å². The van der Waals surface area contributed by atoms with Gasteiger partial charge in [0.2, 0.25) is 5.91 Å². The first kappa shape index (κ1) is 12.4. The second-order valence-electron chi connectivity index (χ2n) is 3.03. The molecule has 0 saturated heterocycles. The minimum atomic E-state index is -0.475. The standard InChI is InChI=1S/C7H7NO.C4H4N2O2/c8-7(9)6-4-2-1-3-5-6;7-3-1-2-5-4(8)6-3/h1-5H,(H2,8,9);1-2H,(H2,5,6,7,8). The summed E-state index contributed by atoms with van der Waals surface area (Å²) in [7, 11) is 0. The Morgan fingerprint density at radius 3 is 2.06 bits per heavy atom. The molecule has 6 heteroatoms. The highest BCUT2D eigenvalue weighted by Gasteiger charge is 1.93. The number of primary amides is 1. The van der Waals surface area contributed by atoms with E-state index in [9.17, 15) is 14.4 Å². The smallest absolute Gasteiger partial charge is 0.325 e. The van der Waals surface area contributed by atoms with Crippen LogP contribution in [0.15, 0.2) is 52.2 Å². The quantitative estimate of drug-likeness (QED) is 0.637. The Bertz CT molecular complexity index is 561. The number of amides is 1. The molecule has 0 aliphatic heterocycles. The summed E-state index contributed by atoms with van der Waals surface area (Å²) < 4.78 is 0. The van der Waals surface area contributed by atoms with Crippen LogP contribution in [0.5, 0.6) is 0 Å². The van der Waals surface area contributed by atoms with E-state index in [2.05, 4.69) is 4.98 Å². The van der Waals surface area contributed by atoms with Gasteiger partial charge in [0.05, 0.1) is 0 Å². The normalized spacial score (nSPS) is 8.94. The summed E-state index contributed by atoms with van der Waals surface area (Å²) in [6.07, 6.45) is 1.29. The fourth-order valence-electron chi connectivity index (χ4n) is 0.985. The second kappa shape index (κ2) is 6.06. The molecular formula is C11H11N3O3. The molecule has 0 radical (unpaired) electrons. The molecule has 1 heterocycles. The number of aromatic nitrogens is 2. The number of carbonyl (C=O) groups excluding carboxylic acids is 1. The largest absolute Gasteiger partial charge is 0.366 e. The lowest BCUT2D eigenvalue weighted by Gasteiger charge is -1.89. The van der Waals surface area contributed by atoms with E-state index in [4.69, 9.17) is 5.73 Å². The number of nitrogens with one attached hydrogen (secondary N) is 2. The second-order valence-corrected chi connectivity index (χ2v) is 3.03. The predicted molar refractivity (Wildman–Crippen MR) is 62.6 cm³/mol. The van der Waals surface area contributed by atoms with Gasteiger partial charge in [0, 0.05) is 17.8 Å². The van der Waals surface area contributed by atoms with E-state index in [1.807, 2.05) is 11.1 Å². The van der Waals surface area contributed by atoms with Crippen molar-refractivity contribution >= 4 is 5.91 Å². The number of H-pyrrole nitrogens is 2. The molecule has 0 aliphatic carbocycles. The Morgan fingerprint density at radius 1 is 1.06 bits per heavy atom. The van der Waals surface area contributed by atoms with Crippen LogP contribution in [0.1, 0.15) is 10.4 Å². The first-order valence-electron chi connectivity index (χ1n) is 4.72. The highest BCUT2D eigenvalue weighted by Crippen LogP contribution is 1.94. The summed E-state index contributed by atoms with van der Waals surface area (Å²) in [5.41, 5.74) is 4.67. The van der Waals surface area contributed by atoms with Crippen molar-refractivity contribution in [1.29, 1.82) is 0 Å². The van der Waals surface area contributed by atoms with Crippen molar-refractivity contribution in [2.75, 3.05) is 0 Å². The van der Waals surface area contributed by atoms with Crippen LogP contribution < -0.4 is 17.0 Å². The molecule has 1 aromatic carbocycles. The fraction of sp³-hybridized carbons (Fsp3) is 0. The van der Waals surface area contributed by atoms with Gasteiger partial charge in [-0.3, -0.25) is 14.6 Å². The van der Waals surface area contributed by atoms with Gasteiger partial charge in [-0.1, -0.05) is 18.2 Å².